The zero-order valence-electron chi connectivity index (χ0n) is 9.75. The summed E-state index contributed by atoms with van der Waals surface area (Å²) in [4.78, 5) is 20.4. The lowest BCUT2D eigenvalue weighted by atomic mass is 10.3. The maximum absolute atomic E-state index is 11.9. The van der Waals surface area contributed by atoms with Gasteiger partial charge in [0.15, 0.2) is 0 Å². The Morgan fingerprint density at radius 2 is 1.83 bits per heavy atom. The summed E-state index contributed by atoms with van der Waals surface area (Å²) in [6.07, 6.45) is 0. The van der Waals surface area contributed by atoms with Gasteiger partial charge in [0.25, 0.3) is 5.56 Å². The van der Waals surface area contributed by atoms with Crippen molar-refractivity contribution >= 4 is 21.4 Å². The molecule has 3 nitrogen and oxygen atoms in total. The van der Waals surface area contributed by atoms with Crippen LogP contribution in [-0.4, -0.2) is 9.97 Å². The van der Waals surface area contributed by atoms with E-state index in [2.05, 4.69) is 9.97 Å². The number of aromatic nitrogens is 2. The molecule has 0 amide bonds. The first-order chi connectivity index (χ1) is 8.74. The minimum Gasteiger partial charge on any atom is -0.267 e. The van der Waals surface area contributed by atoms with E-state index in [1.54, 1.807) is 6.07 Å². The number of benzene rings is 1. The SMILES string of the molecule is Cc1cccc(-c2nc(=O)c3ccccc3s2)n1. The lowest BCUT2D eigenvalue weighted by Crippen LogP contribution is -2.06. The average molecular weight is 254 g/mol. The fourth-order valence-corrected chi connectivity index (χ4v) is 2.75. The molecule has 2 aromatic heterocycles. The molecule has 0 unspecified atom stereocenters. The Morgan fingerprint density at radius 1 is 1.00 bits per heavy atom. The maximum atomic E-state index is 11.9. The van der Waals surface area contributed by atoms with Gasteiger partial charge in [-0.2, -0.15) is 4.98 Å². The molecule has 4 heteroatoms. The first kappa shape index (κ1) is 11.0. The van der Waals surface area contributed by atoms with Crippen LogP contribution in [0.1, 0.15) is 5.69 Å². The smallest absolute Gasteiger partial charge is 0.267 e. The molecule has 0 spiro atoms. The molecular weight excluding hydrogens is 244 g/mol. The summed E-state index contributed by atoms with van der Waals surface area (Å²) >= 11 is 1.49. The molecule has 0 radical (unpaired) electrons. The first-order valence-electron chi connectivity index (χ1n) is 5.58. The van der Waals surface area contributed by atoms with Crippen molar-refractivity contribution in [3.63, 3.8) is 0 Å². The van der Waals surface area contributed by atoms with Gasteiger partial charge in [0, 0.05) is 10.4 Å². The van der Waals surface area contributed by atoms with Gasteiger partial charge in [0.2, 0.25) is 0 Å². The van der Waals surface area contributed by atoms with E-state index in [0.717, 1.165) is 16.1 Å². The van der Waals surface area contributed by atoms with Crippen LogP contribution in [0, 0.1) is 6.92 Å². The summed E-state index contributed by atoms with van der Waals surface area (Å²) in [5.74, 6) is 0. The van der Waals surface area contributed by atoms with Gasteiger partial charge in [-0.25, -0.2) is 0 Å². The molecule has 0 atom stereocenters. The lowest BCUT2D eigenvalue weighted by Gasteiger charge is -2.01. The van der Waals surface area contributed by atoms with Crippen LogP contribution >= 0.6 is 11.3 Å². The van der Waals surface area contributed by atoms with Crippen molar-refractivity contribution in [2.24, 2.45) is 0 Å². The molecule has 18 heavy (non-hydrogen) atoms. The van der Waals surface area contributed by atoms with Gasteiger partial charge in [-0.3, -0.25) is 9.78 Å². The van der Waals surface area contributed by atoms with E-state index in [-0.39, 0.29) is 5.56 Å². The number of hydrogen-bond donors (Lipinski definition) is 0. The van der Waals surface area contributed by atoms with Gasteiger partial charge in [-0.05, 0) is 31.2 Å². The highest BCUT2D eigenvalue weighted by Crippen LogP contribution is 2.24. The molecule has 0 N–H and O–H groups in total. The molecule has 88 valence electrons. The summed E-state index contributed by atoms with van der Waals surface area (Å²) in [7, 11) is 0. The number of aryl methyl sites for hydroxylation is 1. The highest BCUT2D eigenvalue weighted by Gasteiger charge is 2.07. The van der Waals surface area contributed by atoms with Crippen LogP contribution in [0.5, 0.6) is 0 Å². The second kappa shape index (κ2) is 4.31. The van der Waals surface area contributed by atoms with Crippen LogP contribution in [0.3, 0.4) is 0 Å². The van der Waals surface area contributed by atoms with Crippen molar-refractivity contribution in [3.05, 3.63) is 58.5 Å². The Bertz CT molecular complexity index is 780. The van der Waals surface area contributed by atoms with Crippen molar-refractivity contribution in [2.45, 2.75) is 6.92 Å². The third-order valence-electron chi connectivity index (χ3n) is 2.63. The summed E-state index contributed by atoms with van der Waals surface area (Å²) in [6.45, 7) is 1.92. The van der Waals surface area contributed by atoms with E-state index in [1.165, 1.54) is 11.3 Å². The third kappa shape index (κ3) is 1.91. The molecule has 0 saturated carbocycles. The normalized spacial score (nSPS) is 10.7. The Kier molecular flexibility index (Phi) is 2.64. The van der Waals surface area contributed by atoms with Gasteiger partial charge in [-0.1, -0.05) is 18.2 Å². The van der Waals surface area contributed by atoms with Gasteiger partial charge in [0.05, 0.1) is 11.1 Å². The van der Waals surface area contributed by atoms with Crippen LogP contribution in [0.15, 0.2) is 47.3 Å². The van der Waals surface area contributed by atoms with Gasteiger partial charge in [0.1, 0.15) is 5.01 Å². The highest BCUT2D eigenvalue weighted by molar-refractivity contribution is 7.21. The van der Waals surface area contributed by atoms with Crippen molar-refractivity contribution in [2.75, 3.05) is 0 Å². The molecule has 0 saturated heterocycles. The Morgan fingerprint density at radius 3 is 2.67 bits per heavy atom. The van der Waals surface area contributed by atoms with Crippen LogP contribution < -0.4 is 5.56 Å². The average Bonchev–Trinajstić information content (AvgIpc) is 2.39. The summed E-state index contributed by atoms with van der Waals surface area (Å²) in [5.41, 5.74) is 1.48. The Balaban J connectivity index is 2.28. The molecule has 1 aromatic carbocycles. The molecule has 0 aliphatic rings. The van der Waals surface area contributed by atoms with Crippen LogP contribution in [0.25, 0.3) is 20.8 Å². The highest BCUT2D eigenvalue weighted by atomic mass is 32.1. The minimum atomic E-state index is -0.192. The Hall–Kier alpha value is -2.07. The van der Waals surface area contributed by atoms with Crippen molar-refractivity contribution in [1.29, 1.82) is 0 Å². The van der Waals surface area contributed by atoms with Crippen LogP contribution in [0.4, 0.5) is 0 Å². The van der Waals surface area contributed by atoms with Gasteiger partial charge >= 0.3 is 0 Å². The second-order valence-electron chi connectivity index (χ2n) is 3.98. The van der Waals surface area contributed by atoms with Crippen LogP contribution in [0.2, 0.25) is 0 Å². The predicted molar refractivity (Wildman–Crippen MR) is 73.9 cm³/mol. The van der Waals surface area contributed by atoms with E-state index in [1.807, 2.05) is 43.3 Å². The minimum absolute atomic E-state index is 0.192. The summed E-state index contributed by atoms with van der Waals surface area (Å²) < 4.78 is 0.941. The molecule has 3 rings (SSSR count). The molecule has 0 bridgehead atoms. The van der Waals surface area contributed by atoms with E-state index in [0.29, 0.717) is 10.4 Å². The van der Waals surface area contributed by atoms with E-state index in [9.17, 15) is 4.79 Å². The number of rotatable bonds is 1. The molecular formula is C14H10N2OS. The molecule has 0 aliphatic carbocycles. The van der Waals surface area contributed by atoms with E-state index >= 15 is 0 Å². The zero-order valence-corrected chi connectivity index (χ0v) is 10.6. The van der Waals surface area contributed by atoms with Crippen molar-refractivity contribution < 1.29 is 0 Å². The van der Waals surface area contributed by atoms with Crippen molar-refractivity contribution in [3.8, 4) is 10.7 Å². The lowest BCUT2D eigenvalue weighted by molar-refractivity contribution is 1.18. The van der Waals surface area contributed by atoms with E-state index < -0.39 is 0 Å². The topological polar surface area (TPSA) is 42.9 Å². The molecule has 3 aromatic rings. The number of hydrogen-bond acceptors (Lipinski definition) is 4. The molecule has 2 heterocycles. The maximum Gasteiger partial charge on any atom is 0.279 e. The quantitative estimate of drug-likeness (QED) is 0.670. The van der Waals surface area contributed by atoms with Crippen LogP contribution in [-0.2, 0) is 0 Å². The number of pyridine rings is 1. The number of fused-ring (bicyclic) bond motifs is 1. The predicted octanol–water partition coefficient (Wildman–Crippen LogP) is 3.03. The fourth-order valence-electron chi connectivity index (χ4n) is 1.78. The zero-order chi connectivity index (χ0) is 12.5. The van der Waals surface area contributed by atoms with E-state index in [4.69, 9.17) is 0 Å². The first-order valence-corrected chi connectivity index (χ1v) is 6.39. The third-order valence-corrected chi connectivity index (χ3v) is 3.70. The second-order valence-corrected chi connectivity index (χ2v) is 5.02. The summed E-state index contributed by atoms with van der Waals surface area (Å²) in [5, 5.41) is 1.33. The van der Waals surface area contributed by atoms with Gasteiger partial charge < -0.3 is 0 Å². The number of nitrogens with zero attached hydrogens (tertiary/aromatic N) is 2. The Labute approximate surface area is 108 Å². The molecule has 0 fully saturated rings. The van der Waals surface area contributed by atoms with Crippen molar-refractivity contribution in [1.82, 2.24) is 9.97 Å². The van der Waals surface area contributed by atoms with Gasteiger partial charge in [-0.15, -0.1) is 11.3 Å². The molecule has 0 aliphatic heterocycles. The fraction of sp³-hybridized carbons (Fsp3) is 0.0714. The summed E-state index contributed by atoms with van der Waals surface area (Å²) in [6, 6.07) is 13.2. The monoisotopic (exact) mass is 254 g/mol. The largest absolute Gasteiger partial charge is 0.279 e. The standard InChI is InChI=1S/C14H10N2OS/c1-9-5-4-7-11(15-9)14-16-13(17)10-6-2-3-8-12(10)18-14/h2-8H,1H3.